The summed E-state index contributed by atoms with van der Waals surface area (Å²) in [5.41, 5.74) is 1.08. The molecule has 28 heavy (non-hydrogen) atoms. The average molecular weight is 440 g/mol. The van der Waals surface area contributed by atoms with Crippen molar-refractivity contribution in [3.05, 3.63) is 51.6 Å². The Balaban J connectivity index is 1.99. The maximum absolute atomic E-state index is 13.4. The summed E-state index contributed by atoms with van der Waals surface area (Å²) in [4.78, 5) is 14.6. The molecule has 1 saturated heterocycles. The number of methoxy groups -OCH3 is 3. The van der Waals surface area contributed by atoms with E-state index in [1.807, 2.05) is 0 Å². The molecule has 0 spiro atoms. The molecule has 0 N–H and O–H groups in total. The van der Waals surface area contributed by atoms with Crippen LogP contribution in [0.1, 0.15) is 5.56 Å². The second-order valence-corrected chi connectivity index (χ2v) is 7.66. The number of hydrogen-bond donors (Lipinski definition) is 0. The van der Waals surface area contributed by atoms with Gasteiger partial charge in [-0.15, -0.1) is 0 Å². The molecule has 5 nitrogen and oxygen atoms in total. The monoisotopic (exact) mass is 439 g/mol. The van der Waals surface area contributed by atoms with E-state index in [0.717, 1.165) is 11.8 Å². The topological polar surface area (TPSA) is 48.0 Å². The van der Waals surface area contributed by atoms with E-state index in [1.54, 1.807) is 18.2 Å². The molecule has 3 rings (SSSR count). The smallest absolute Gasteiger partial charge is 0.270 e. The highest BCUT2D eigenvalue weighted by molar-refractivity contribution is 8.27. The molecule has 2 aromatic rings. The van der Waals surface area contributed by atoms with Crippen LogP contribution in [0.25, 0.3) is 6.08 Å². The highest BCUT2D eigenvalue weighted by atomic mass is 35.5. The van der Waals surface area contributed by atoms with Crippen molar-refractivity contribution in [1.29, 1.82) is 0 Å². The van der Waals surface area contributed by atoms with Gasteiger partial charge in [0.05, 0.1) is 36.9 Å². The Morgan fingerprint density at radius 2 is 1.75 bits per heavy atom. The molecule has 0 aliphatic carbocycles. The number of rotatable bonds is 5. The van der Waals surface area contributed by atoms with E-state index >= 15 is 0 Å². The van der Waals surface area contributed by atoms with E-state index in [-0.39, 0.29) is 10.9 Å². The van der Waals surface area contributed by atoms with Crippen LogP contribution in [-0.2, 0) is 4.79 Å². The van der Waals surface area contributed by atoms with Crippen molar-refractivity contribution in [1.82, 2.24) is 0 Å². The third kappa shape index (κ3) is 3.80. The van der Waals surface area contributed by atoms with Crippen LogP contribution in [0.3, 0.4) is 0 Å². The Morgan fingerprint density at radius 1 is 1.11 bits per heavy atom. The predicted molar refractivity (Wildman–Crippen MR) is 113 cm³/mol. The fourth-order valence-corrected chi connectivity index (χ4v) is 4.12. The van der Waals surface area contributed by atoms with E-state index < -0.39 is 5.82 Å². The molecule has 0 aromatic heterocycles. The van der Waals surface area contributed by atoms with Gasteiger partial charge in [-0.3, -0.25) is 9.69 Å². The lowest BCUT2D eigenvalue weighted by atomic mass is 10.1. The Labute approximate surface area is 176 Å². The van der Waals surface area contributed by atoms with E-state index in [2.05, 4.69) is 0 Å². The number of halogens is 2. The largest absolute Gasteiger partial charge is 0.493 e. The van der Waals surface area contributed by atoms with Crippen molar-refractivity contribution in [2.24, 2.45) is 0 Å². The van der Waals surface area contributed by atoms with Gasteiger partial charge in [0.25, 0.3) is 5.91 Å². The molecular weight excluding hydrogens is 425 g/mol. The number of nitrogens with zero attached hydrogens (tertiary/aromatic N) is 1. The summed E-state index contributed by atoms with van der Waals surface area (Å²) >= 11 is 12.3. The van der Waals surface area contributed by atoms with Gasteiger partial charge in [0.1, 0.15) is 5.82 Å². The lowest BCUT2D eigenvalue weighted by Crippen LogP contribution is -2.27. The van der Waals surface area contributed by atoms with Gasteiger partial charge in [0, 0.05) is 0 Å². The number of carbonyl (C=O) groups is 1. The maximum Gasteiger partial charge on any atom is 0.270 e. The molecule has 0 saturated carbocycles. The van der Waals surface area contributed by atoms with Crippen LogP contribution in [0, 0.1) is 5.82 Å². The molecule has 1 heterocycles. The van der Waals surface area contributed by atoms with E-state index in [4.69, 9.17) is 38.0 Å². The van der Waals surface area contributed by atoms with E-state index in [1.165, 1.54) is 44.4 Å². The van der Waals surface area contributed by atoms with Crippen molar-refractivity contribution < 1.29 is 23.4 Å². The molecule has 1 aliphatic rings. The van der Waals surface area contributed by atoms with Crippen LogP contribution in [0.4, 0.5) is 10.1 Å². The Hall–Kier alpha value is -2.29. The van der Waals surface area contributed by atoms with Gasteiger partial charge in [-0.2, -0.15) is 0 Å². The number of benzene rings is 2. The molecular formula is C19H15ClFNO4S2. The minimum absolute atomic E-state index is 0.0832. The summed E-state index contributed by atoms with van der Waals surface area (Å²) in [5, 5.41) is -0.0832. The van der Waals surface area contributed by atoms with Crippen LogP contribution < -0.4 is 19.1 Å². The van der Waals surface area contributed by atoms with Gasteiger partial charge in [-0.1, -0.05) is 35.6 Å². The van der Waals surface area contributed by atoms with Gasteiger partial charge in [-0.05, 0) is 42.0 Å². The fourth-order valence-electron chi connectivity index (χ4n) is 2.65. The number of thiocarbonyl (C=S) groups is 1. The summed E-state index contributed by atoms with van der Waals surface area (Å²) in [6, 6.07) is 7.46. The van der Waals surface area contributed by atoms with Crippen LogP contribution in [-0.4, -0.2) is 31.6 Å². The third-order valence-corrected chi connectivity index (χ3v) is 5.53. The highest BCUT2D eigenvalue weighted by Gasteiger charge is 2.33. The molecule has 9 heteroatoms. The molecule has 0 radical (unpaired) electrons. The van der Waals surface area contributed by atoms with Crippen molar-refractivity contribution in [3.63, 3.8) is 0 Å². The maximum atomic E-state index is 13.4. The minimum atomic E-state index is -0.566. The van der Waals surface area contributed by atoms with Gasteiger partial charge in [-0.25, -0.2) is 4.39 Å². The van der Waals surface area contributed by atoms with Crippen molar-refractivity contribution in [3.8, 4) is 17.2 Å². The van der Waals surface area contributed by atoms with Crippen molar-refractivity contribution in [2.45, 2.75) is 0 Å². The van der Waals surface area contributed by atoms with Crippen LogP contribution >= 0.6 is 35.6 Å². The number of carbonyl (C=O) groups excluding carboxylic acids is 1. The average Bonchev–Trinajstić information content (AvgIpc) is 2.96. The number of ether oxygens (including phenoxy) is 3. The fraction of sp³-hybridized carbons (Fsp3) is 0.158. The van der Waals surface area contributed by atoms with Crippen LogP contribution in [0.5, 0.6) is 17.2 Å². The SMILES string of the molecule is COc1cc(C=C2SC(=S)N(c3ccc(F)c(Cl)c3)C2=O)cc(OC)c1OC. The number of thioether (sulfide) groups is 1. The predicted octanol–water partition coefficient (Wildman–Crippen LogP) is 4.91. The van der Waals surface area contributed by atoms with Gasteiger partial charge in [0.2, 0.25) is 5.75 Å². The summed E-state index contributed by atoms with van der Waals surface area (Å²) in [6.45, 7) is 0. The van der Waals surface area contributed by atoms with E-state index in [9.17, 15) is 9.18 Å². The summed E-state index contributed by atoms with van der Waals surface area (Å²) in [5.74, 6) is 0.494. The van der Waals surface area contributed by atoms with Crippen LogP contribution in [0.15, 0.2) is 35.2 Å². The number of hydrogen-bond acceptors (Lipinski definition) is 6. The molecule has 1 amide bonds. The van der Waals surface area contributed by atoms with Gasteiger partial charge < -0.3 is 14.2 Å². The Kier molecular flexibility index (Phi) is 6.12. The van der Waals surface area contributed by atoms with Crippen molar-refractivity contribution in [2.75, 3.05) is 26.2 Å². The molecule has 146 valence electrons. The normalized spacial score (nSPS) is 15.3. The molecule has 2 aromatic carbocycles. The lowest BCUT2D eigenvalue weighted by molar-refractivity contribution is -0.113. The van der Waals surface area contributed by atoms with Gasteiger partial charge >= 0.3 is 0 Å². The molecule has 1 aliphatic heterocycles. The lowest BCUT2D eigenvalue weighted by Gasteiger charge is -2.15. The standard InChI is InChI=1S/C19H15ClFNO4S2/c1-24-14-6-10(7-15(25-2)17(14)26-3)8-16-18(23)22(19(27)28-16)11-4-5-13(21)12(20)9-11/h4-9H,1-3H3. The molecule has 0 atom stereocenters. The van der Waals surface area contributed by atoms with Crippen molar-refractivity contribution >= 4 is 57.6 Å². The quantitative estimate of drug-likeness (QED) is 0.487. The zero-order chi connectivity index (χ0) is 20.4. The molecule has 0 unspecified atom stereocenters. The summed E-state index contributed by atoms with van der Waals surface area (Å²) in [6.07, 6.45) is 1.68. The summed E-state index contributed by atoms with van der Waals surface area (Å²) in [7, 11) is 4.54. The number of anilines is 1. The zero-order valence-electron chi connectivity index (χ0n) is 15.1. The zero-order valence-corrected chi connectivity index (χ0v) is 17.5. The second kappa shape index (κ2) is 8.38. The molecule has 0 bridgehead atoms. The van der Waals surface area contributed by atoms with Gasteiger partial charge in [0.15, 0.2) is 15.8 Å². The van der Waals surface area contributed by atoms with Crippen LogP contribution in [0.2, 0.25) is 5.02 Å². The minimum Gasteiger partial charge on any atom is -0.493 e. The number of amides is 1. The second-order valence-electron chi connectivity index (χ2n) is 5.57. The first kappa shape index (κ1) is 20.4. The first-order valence-electron chi connectivity index (χ1n) is 7.92. The molecule has 1 fully saturated rings. The first-order chi connectivity index (χ1) is 13.4. The highest BCUT2D eigenvalue weighted by Crippen LogP contribution is 2.41. The third-order valence-electron chi connectivity index (χ3n) is 3.94. The Bertz CT molecular complexity index is 971. The first-order valence-corrected chi connectivity index (χ1v) is 9.53. The summed E-state index contributed by atoms with van der Waals surface area (Å²) < 4.78 is 29.7. The van der Waals surface area contributed by atoms with E-state index in [0.29, 0.717) is 37.7 Å². The Morgan fingerprint density at radius 3 is 2.29 bits per heavy atom.